The van der Waals surface area contributed by atoms with Crippen LogP contribution in [0.2, 0.25) is 0 Å². The van der Waals surface area contributed by atoms with E-state index in [2.05, 4.69) is 28.5 Å². The van der Waals surface area contributed by atoms with Crippen LogP contribution >= 0.6 is 0 Å². The minimum absolute atomic E-state index is 0.0461. The fourth-order valence-electron chi connectivity index (χ4n) is 4.16. The molecule has 28 heavy (non-hydrogen) atoms. The minimum Gasteiger partial charge on any atom is -0.483 e. The molecule has 0 radical (unpaired) electrons. The lowest BCUT2D eigenvalue weighted by molar-refractivity contribution is 0.0730. The highest BCUT2D eigenvalue weighted by Gasteiger charge is 2.35. The van der Waals surface area contributed by atoms with E-state index in [1.165, 1.54) is 0 Å². The van der Waals surface area contributed by atoms with E-state index in [1.54, 1.807) is 4.68 Å². The summed E-state index contributed by atoms with van der Waals surface area (Å²) in [5, 5.41) is 8.14. The van der Waals surface area contributed by atoms with Gasteiger partial charge in [0.2, 0.25) is 0 Å². The van der Waals surface area contributed by atoms with Gasteiger partial charge in [-0.25, -0.2) is 4.68 Å². The van der Waals surface area contributed by atoms with Crippen molar-refractivity contribution in [3.05, 3.63) is 59.7 Å². The summed E-state index contributed by atoms with van der Waals surface area (Å²) in [7, 11) is 1.85. The van der Waals surface area contributed by atoms with Gasteiger partial charge in [-0.2, -0.15) is 0 Å². The maximum Gasteiger partial charge on any atom is 0.253 e. The Balaban J connectivity index is 1.35. The van der Waals surface area contributed by atoms with Gasteiger partial charge in [-0.15, -0.1) is 5.10 Å². The summed E-state index contributed by atoms with van der Waals surface area (Å²) < 4.78 is 8.10. The van der Waals surface area contributed by atoms with Gasteiger partial charge in [0.25, 0.3) is 5.91 Å². The molecule has 0 unspecified atom stereocenters. The standard InChI is InChI=1S/C22H22N4O2/c1-25-19-8-7-17(15-18(19)23-24-25)21(27)26-13-4-10-22(12-14-26)11-9-16-5-2-3-6-20(16)28-22/h2-3,5-9,11,15H,4,10,12-14H2,1H3/t22-/m0/s1. The fraction of sp³-hybridized carbons (Fsp3) is 0.318. The topological polar surface area (TPSA) is 60.2 Å². The lowest BCUT2D eigenvalue weighted by Crippen LogP contribution is -2.38. The molecule has 1 fully saturated rings. The predicted molar refractivity (Wildman–Crippen MR) is 107 cm³/mol. The summed E-state index contributed by atoms with van der Waals surface area (Å²) in [5.41, 5.74) is 3.12. The molecule has 1 amide bonds. The number of benzene rings is 2. The first-order valence-corrected chi connectivity index (χ1v) is 9.70. The summed E-state index contributed by atoms with van der Waals surface area (Å²) in [6.07, 6.45) is 6.93. The van der Waals surface area contributed by atoms with E-state index in [1.807, 2.05) is 48.3 Å². The number of hydrogen-bond donors (Lipinski definition) is 0. The summed E-state index contributed by atoms with van der Waals surface area (Å²) >= 11 is 0. The summed E-state index contributed by atoms with van der Waals surface area (Å²) in [4.78, 5) is 15.0. The van der Waals surface area contributed by atoms with Crippen molar-refractivity contribution in [2.24, 2.45) is 7.05 Å². The highest BCUT2D eigenvalue weighted by atomic mass is 16.5. The van der Waals surface area contributed by atoms with E-state index in [0.29, 0.717) is 12.1 Å². The molecular formula is C22H22N4O2. The Bertz CT molecular complexity index is 1090. The molecule has 2 aliphatic heterocycles. The van der Waals surface area contributed by atoms with Crippen LogP contribution in [0.25, 0.3) is 17.1 Å². The minimum atomic E-state index is -0.321. The largest absolute Gasteiger partial charge is 0.483 e. The van der Waals surface area contributed by atoms with E-state index >= 15 is 0 Å². The van der Waals surface area contributed by atoms with E-state index in [4.69, 9.17) is 4.74 Å². The lowest BCUT2D eigenvalue weighted by Gasteiger charge is -2.34. The van der Waals surface area contributed by atoms with Crippen LogP contribution in [0.4, 0.5) is 0 Å². The Morgan fingerprint density at radius 3 is 2.96 bits per heavy atom. The van der Waals surface area contributed by atoms with E-state index in [9.17, 15) is 4.79 Å². The highest BCUT2D eigenvalue weighted by molar-refractivity contribution is 5.97. The molecule has 6 nitrogen and oxygen atoms in total. The van der Waals surface area contributed by atoms with E-state index < -0.39 is 0 Å². The molecule has 0 bridgehead atoms. The average molecular weight is 374 g/mol. The molecule has 1 spiro atoms. The van der Waals surface area contributed by atoms with E-state index in [-0.39, 0.29) is 11.5 Å². The third-order valence-corrected chi connectivity index (χ3v) is 5.78. The molecule has 0 aliphatic carbocycles. The van der Waals surface area contributed by atoms with Crippen molar-refractivity contribution < 1.29 is 9.53 Å². The number of aromatic nitrogens is 3. The first-order valence-electron chi connectivity index (χ1n) is 9.70. The monoisotopic (exact) mass is 374 g/mol. The van der Waals surface area contributed by atoms with Crippen molar-refractivity contribution in [1.82, 2.24) is 19.9 Å². The Kier molecular flexibility index (Phi) is 3.93. The van der Waals surface area contributed by atoms with Crippen molar-refractivity contribution in [3.63, 3.8) is 0 Å². The zero-order valence-corrected chi connectivity index (χ0v) is 15.8. The number of carbonyl (C=O) groups excluding carboxylic acids is 1. The van der Waals surface area contributed by atoms with Crippen molar-refractivity contribution in [2.45, 2.75) is 24.9 Å². The third-order valence-electron chi connectivity index (χ3n) is 5.78. The van der Waals surface area contributed by atoms with Crippen LogP contribution in [0.15, 0.2) is 48.5 Å². The summed E-state index contributed by atoms with van der Waals surface area (Å²) in [5.74, 6) is 0.975. The number of aryl methyl sites for hydroxylation is 1. The Hall–Kier alpha value is -3.15. The third kappa shape index (κ3) is 2.85. The van der Waals surface area contributed by atoms with Crippen LogP contribution in [-0.4, -0.2) is 44.5 Å². The lowest BCUT2D eigenvalue weighted by atomic mass is 9.91. The van der Waals surface area contributed by atoms with Crippen molar-refractivity contribution >= 4 is 23.0 Å². The molecule has 0 saturated carbocycles. The zero-order chi connectivity index (χ0) is 19.1. The molecule has 3 aromatic rings. The number of fused-ring (bicyclic) bond motifs is 2. The summed E-state index contributed by atoms with van der Waals surface area (Å²) in [6.45, 7) is 1.40. The average Bonchev–Trinajstić information content (AvgIpc) is 2.97. The van der Waals surface area contributed by atoms with E-state index in [0.717, 1.165) is 48.2 Å². The number of hydrogen-bond acceptors (Lipinski definition) is 4. The molecule has 6 heteroatoms. The number of ether oxygens (including phenoxy) is 1. The van der Waals surface area contributed by atoms with Crippen LogP contribution in [-0.2, 0) is 7.05 Å². The van der Waals surface area contributed by atoms with Crippen LogP contribution in [0.1, 0.15) is 35.2 Å². The fourth-order valence-corrected chi connectivity index (χ4v) is 4.16. The van der Waals surface area contributed by atoms with Gasteiger partial charge in [-0.3, -0.25) is 4.79 Å². The number of rotatable bonds is 1. The normalized spacial score (nSPS) is 21.4. The first-order chi connectivity index (χ1) is 13.6. The molecular weight excluding hydrogens is 352 g/mol. The quantitative estimate of drug-likeness (QED) is 0.655. The van der Waals surface area contributed by atoms with Gasteiger partial charge in [0.1, 0.15) is 16.9 Å². The second-order valence-electron chi connectivity index (χ2n) is 7.60. The number of carbonyl (C=O) groups is 1. The number of nitrogens with zero attached hydrogens (tertiary/aromatic N) is 4. The highest BCUT2D eigenvalue weighted by Crippen LogP contribution is 2.37. The molecule has 142 valence electrons. The van der Waals surface area contributed by atoms with Gasteiger partial charge in [0, 0.05) is 37.7 Å². The maximum atomic E-state index is 13.1. The van der Waals surface area contributed by atoms with Gasteiger partial charge in [-0.1, -0.05) is 29.5 Å². The molecule has 2 aliphatic rings. The van der Waals surface area contributed by atoms with Gasteiger partial charge in [0.15, 0.2) is 0 Å². The molecule has 5 rings (SSSR count). The smallest absolute Gasteiger partial charge is 0.253 e. The number of para-hydroxylation sites is 1. The molecule has 0 N–H and O–H groups in total. The Morgan fingerprint density at radius 1 is 1.14 bits per heavy atom. The van der Waals surface area contributed by atoms with Crippen LogP contribution < -0.4 is 4.74 Å². The van der Waals surface area contributed by atoms with Crippen molar-refractivity contribution in [2.75, 3.05) is 13.1 Å². The summed E-state index contributed by atoms with van der Waals surface area (Å²) in [6, 6.07) is 13.7. The molecule has 1 atom stereocenters. The molecule has 1 saturated heterocycles. The second-order valence-corrected chi connectivity index (χ2v) is 7.60. The van der Waals surface area contributed by atoms with Crippen LogP contribution in [0.3, 0.4) is 0 Å². The van der Waals surface area contributed by atoms with Gasteiger partial charge in [0.05, 0.1) is 5.52 Å². The SMILES string of the molecule is Cn1nnc2cc(C(=O)N3CCC[C@]4(C=Cc5ccccc5O4)CC3)ccc21. The molecule has 2 aromatic carbocycles. The number of amides is 1. The van der Waals surface area contributed by atoms with Gasteiger partial charge >= 0.3 is 0 Å². The van der Waals surface area contributed by atoms with Gasteiger partial charge in [-0.05, 0) is 43.2 Å². The van der Waals surface area contributed by atoms with Crippen LogP contribution in [0, 0.1) is 0 Å². The van der Waals surface area contributed by atoms with Crippen LogP contribution in [0.5, 0.6) is 5.75 Å². The van der Waals surface area contributed by atoms with Crippen molar-refractivity contribution in [1.29, 1.82) is 0 Å². The Labute approximate surface area is 163 Å². The zero-order valence-electron chi connectivity index (χ0n) is 15.8. The maximum absolute atomic E-state index is 13.1. The van der Waals surface area contributed by atoms with Crippen molar-refractivity contribution in [3.8, 4) is 5.75 Å². The molecule has 3 heterocycles. The van der Waals surface area contributed by atoms with Gasteiger partial charge < -0.3 is 9.64 Å². The number of likely N-dealkylation sites (tertiary alicyclic amines) is 1. The molecule has 1 aromatic heterocycles. The second kappa shape index (κ2) is 6.48. The Morgan fingerprint density at radius 2 is 2.04 bits per heavy atom. The first kappa shape index (κ1) is 17.0. The predicted octanol–water partition coefficient (Wildman–Crippen LogP) is 3.44.